The summed E-state index contributed by atoms with van der Waals surface area (Å²) >= 11 is 0. The molecule has 1 saturated heterocycles. The summed E-state index contributed by atoms with van der Waals surface area (Å²) in [5.74, 6) is -1.39. The smallest absolute Gasteiger partial charge is 0.341 e. The lowest BCUT2D eigenvalue weighted by atomic mass is 9.93. The second-order valence-corrected chi connectivity index (χ2v) is 9.72. The van der Waals surface area contributed by atoms with Gasteiger partial charge in [0.1, 0.15) is 0 Å². The number of fused-ring (bicyclic) bond motifs is 1. The number of pyridine rings is 1. The van der Waals surface area contributed by atoms with Gasteiger partial charge in [0, 0.05) is 49.3 Å². The fourth-order valence-corrected chi connectivity index (χ4v) is 4.41. The number of rotatable bonds is 5. The predicted octanol–water partition coefficient (Wildman–Crippen LogP) is 2.88. The van der Waals surface area contributed by atoms with Gasteiger partial charge in [-0.05, 0) is 36.4 Å². The lowest BCUT2D eigenvalue weighted by Crippen LogP contribution is -2.46. The molecule has 0 saturated carbocycles. The Hall–Kier alpha value is -2.94. The van der Waals surface area contributed by atoms with Gasteiger partial charge in [-0.1, -0.05) is 0 Å². The first-order valence-corrected chi connectivity index (χ1v) is 11.5. The third-order valence-corrected chi connectivity index (χ3v) is 6.73. The Balaban J connectivity index is 1.47. The molecule has 3 aromatic rings. The van der Waals surface area contributed by atoms with Crippen LogP contribution in [-0.4, -0.2) is 54.1 Å². The van der Waals surface area contributed by atoms with Gasteiger partial charge >= 0.3 is 5.97 Å². The molecule has 9 heteroatoms. The molecule has 4 rings (SSSR count). The Bertz CT molecular complexity index is 1200. The highest BCUT2D eigenvalue weighted by atomic mass is 32.2. The average molecular weight is 431 g/mol. The topological polar surface area (TPSA) is 92.5 Å². The number of hydrogen-bond acceptors (Lipinski definition) is 5. The Morgan fingerprint density at radius 2 is 1.93 bits per heavy atom. The van der Waals surface area contributed by atoms with E-state index in [4.69, 9.17) is 5.11 Å². The van der Waals surface area contributed by atoms with Crippen LogP contribution in [0, 0.1) is 0 Å². The molecule has 1 fully saturated rings. The molecule has 1 aromatic carbocycles. The number of nitrogens with zero attached hydrogens (tertiary/aromatic N) is 3. The van der Waals surface area contributed by atoms with E-state index in [1.54, 1.807) is 24.4 Å². The molecule has 30 heavy (non-hydrogen) atoms. The van der Waals surface area contributed by atoms with E-state index < -0.39 is 21.5 Å². The molecule has 158 valence electrons. The molecule has 0 bridgehead atoms. The summed E-state index contributed by atoms with van der Waals surface area (Å²) in [7, 11) is -3.25. The molecule has 0 atom stereocenters. The fraction of sp³-hybridized carbons (Fsp3) is 0.333. The number of alkyl halides is 1. The Labute approximate surface area is 173 Å². The highest BCUT2D eigenvalue weighted by Crippen LogP contribution is 2.29. The van der Waals surface area contributed by atoms with Crippen LogP contribution in [0.2, 0.25) is 0 Å². The van der Waals surface area contributed by atoms with E-state index in [9.17, 15) is 17.6 Å². The van der Waals surface area contributed by atoms with Gasteiger partial charge in [-0.3, -0.25) is 4.98 Å². The largest absolute Gasteiger partial charge is 0.479 e. The zero-order valence-corrected chi connectivity index (χ0v) is 17.3. The zero-order valence-electron chi connectivity index (χ0n) is 16.5. The van der Waals surface area contributed by atoms with E-state index in [1.807, 2.05) is 33.9 Å². The van der Waals surface area contributed by atoms with Crippen molar-refractivity contribution in [3.8, 4) is 0 Å². The second-order valence-electron chi connectivity index (χ2n) is 7.70. The van der Waals surface area contributed by atoms with Gasteiger partial charge in [0.15, 0.2) is 9.84 Å². The van der Waals surface area contributed by atoms with Gasteiger partial charge < -0.3 is 14.6 Å². The summed E-state index contributed by atoms with van der Waals surface area (Å²) in [6.45, 7) is 1.18. The Morgan fingerprint density at radius 1 is 1.20 bits per heavy atom. The minimum atomic E-state index is -3.25. The molecule has 2 aromatic heterocycles. The van der Waals surface area contributed by atoms with E-state index in [0.717, 1.165) is 22.3 Å². The highest BCUT2D eigenvalue weighted by molar-refractivity contribution is 7.90. The maximum absolute atomic E-state index is 14.2. The first kappa shape index (κ1) is 20.3. The van der Waals surface area contributed by atoms with Crippen molar-refractivity contribution in [2.75, 3.05) is 24.2 Å². The maximum atomic E-state index is 14.2. The van der Waals surface area contributed by atoms with Crippen molar-refractivity contribution >= 4 is 32.4 Å². The van der Waals surface area contributed by atoms with Crippen molar-refractivity contribution in [2.45, 2.75) is 30.0 Å². The minimum absolute atomic E-state index is 0.0467. The molecule has 0 aliphatic carbocycles. The molecular weight excluding hydrogens is 409 g/mol. The van der Waals surface area contributed by atoms with Crippen molar-refractivity contribution in [1.29, 1.82) is 0 Å². The van der Waals surface area contributed by atoms with E-state index in [-0.39, 0.29) is 17.7 Å². The van der Waals surface area contributed by atoms with Crippen LogP contribution < -0.4 is 4.90 Å². The minimum Gasteiger partial charge on any atom is -0.479 e. The SMILES string of the molecule is CS(=O)(=O)c1ccc2c(ccn2Cc2ccc(N3CCC(F)(C(=O)O)CC3)cn2)c1. The average Bonchev–Trinajstić information content (AvgIpc) is 3.11. The number of carboxylic acid groups (broad SMARTS) is 1. The standard InChI is InChI=1S/C21H22FN3O4S/c1-30(28,29)18-4-5-19-15(12-18)6-9-25(19)14-16-2-3-17(13-23-16)24-10-7-21(22,8-11-24)20(26)27/h2-6,9,12-13H,7-8,10-11,14H2,1H3,(H,26,27). The van der Waals surface area contributed by atoms with Crippen molar-refractivity contribution in [1.82, 2.24) is 9.55 Å². The van der Waals surface area contributed by atoms with Crippen LogP contribution in [0.15, 0.2) is 53.7 Å². The fourth-order valence-electron chi connectivity index (χ4n) is 3.75. The number of aromatic nitrogens is 2. The number of piperidine rings is 1. The summed E-state index contributed by atoms with van der Waals surface area (Å²) in [4.78, 5) is 17.8. The normalized spacial score (nSPS) is 16.7. The quantitative estimate of drug-likeness (QED) is 0.668. The maximum Gasteiger partial charge on any atom is 0.341 e. The third kappa shape index (κ3) is 3.89. The lowest BCUT2D eigenvalue weighted by molar-refractivity contribution is -0.152. The third-order valence-electron chi connectivity index (χ3n) is 5.62. The number of hydrogen-bond donors (Lipinski definition) is 1. The molecule has 0 spiro atoms. The molecular formula is C21H22FN3O4S. The van der Waals surface area contributed by atoms with Crippen molar-refractivity contribution in [3.63, 3.8) is 0 Å². The number of anilines is 1. The predicted molar refractivity (Wildman–Crippen MR) is 111 cm³/mol. The molecule has 0 radical (unpaired) electrons. The van der Waals surface area contributed by atoms with Gasteiger partial charge in [0.25, 0.3) is 0 Å². The second kappa shape index (κ2) is 7.39. The number of sulfone groups is 1. The zero-order chi connectivity index (χ0) is 21.5. The van der Waals surface area contributed by atoms with Gasteiger partial charge in [-0.15, -0.1) is 0 Å². The van der Waals surface area contributed by atoms with Crippen LogP contribution in [0.5, 0.6) is 0 Å². The van der Waals surface area contributed by atoms with Gasteiger partial charge in [-0.25, -0.2) is 17.6 Å². The van der Waals surface area contributed by atoms with E-state index in [0.29, 0.717) is 19.6 Å². The molecule has 1 N–H and O–H groups in total. The van der Waals surface area contributed by atoms with Crippen molar-refractivity contribution in [2.24, 2.45) is 0 Å². The summed E-state index contributed by atoms with van der Waals surface area (Å²) < 4.78 is 39.7. The number of aliphatic carboxylic acids is 1. The summed E-state index contributed by atoms with van der Waals surface area (Å²) in [6, 6.07) is 10.7. The molecule has 1 aliphatic heterocycles. The van der Waals surface area contributed by atoms with Gasteiger partial charge in [0.2, 0.25) is 5.67 Å². The van der Waals surface area contributed by atoms with E-state index in [2.05, 4.69) is 4.98 Å². The number of carboxylic acids is 1. The number of halogens is 1. The van der Waals surface area contributed by atoms with Crippen molar-refractivity contribution < 1.29 is 22.7 Å². The summed E-state index contributed by atoms with van der Waals surface area (Å²) in [5.41, 5.74) is 0.431. The monoisotopic (exact) mass is 431 g/mol. The first-order valence-electron chi connectivity index (χ1n) is 9.57. The van der Waals surface area contributed by atoms with Crippen LogP contribution in [0.3, 0.4) is 0 Å². The Kier molecular flexibility index (Phi) is 5.01. The number of benzene rings is 1. The van der Waals surface area contributed by atoms with Crippen LogP contribution in [0.1, 0.15) is 18.5 Å². The molecule has 0 unspecified atom stereocenters. The highest BCUT2D eigenvalue weighted by Gasteiger charge is 2.41. The van der Waals surface area contributed by atoms with Crippen LogP contribution in [-0.2, 0) is 21.2 Å². The van der Waals surface area contributed by atoms with Gasteiger partial charge in [0.05, 0.1) is 29.0 Å². The van der Waals surface area contributed by atoms with E-state index >= 15 is 0 Å². The molecule has 3 heterocycles. The molecule has 7 nitrogen and oxygen atoms in total. The lowest BCUT2D eigenvalue weighted by Gasteiger charge is -2.35. The van der Waals surface area contributed by atoms with E-state index in [1.165, 1.54) is 6.26 Å². The van der Waals surface area contributed by atoms with Gasteiger partial charge in [-0.2, -0.15) is 0 Å². The first-order chi connectivity index (χ1) is 14.2. The van der Waals surface area contributed by atoms with Crippen LogP contribution >= 0.6 is 0 Å². The molecule has 0 amide bonds. The number of carbonyl (C=O) groups is 1. The Morgan fingerprint density at radius 3 is 2.53 bits per heavy atom. The summed E-state index contributed by atoms with van der Waals surface area (Å²) in [5, 5.41) is 9.85. The summed E-state index contributed by atoms with van der Waals surface area (Å²) in [6.07, 6.45) is 4.70. The van der Waals surface area contributed by atoms with Crippen LogP contribution in [0.25, 0.3) is 10.9 Å². The van der Waals surface area contributed by atoms with Crippen LogP contribution in [0.4, 0.5) is 10.1 Å². The molecule has 1 aliphatic rings. The van der Waals surface area contributed by atoms with Crippen molar-refractivity contribution in [3.05, 3.63) is 54.5 Å².